The van der Waals surface area contributed by atoms with Crippen molar-refractivity contribution in [2.24, 2.45) is 0 Å². The Morgan fingerprint density at radius 3 is 1.71 bits per heavy atom. The van der Waals surface area contributed by atoms with Crippen LogP contribution in [0.3, 0.4) is 0 Å². The second-order valence-corrected chi connectivity index (χ2v) is 3.57. The van der Waals surface area contributed by atoms with Crippen molar-refractivity contribution in [1.82, 2.24) is 0 Å². The van der Waals surface area contributed by atoms with Crippen LogP contribution in [0, 0.1) is 6.92 Å². The Hall–Kier alpha value is 0.254. The van der Waals surface area contributed by atoms with Gasteiger partial charge in [-0.3, -0.25) is 0 Å². The molecular weight excluding hydrogens is 223 g/mol. The predicted octanol–water partition coefficient (Wildman–Crippen LogP) is 3.67. The van der Waals surface area contributed by atoms with E-state index in [4.69, 9.17) is 8.15 Å². The van der Waals surface area contributed by atoms with Gasteiger partial charge in [0, 0.05) is 0 Å². The molecule has 14 heavy (non-hydrogen) atoms. The van der Waals surface area contributed by atoms with Crippen LogP contribution in [0.15, 0.2) is 0 Å². The number of rotatable bonds is 8. The van der Waals surface area contributed by atoms with Gasteiger partial charge in [0.15, 0.2) is 0 Å². The van der Waals surface area contributed by atoms with Crippen molar-refractivity contribution in [1.29, 1.82) is 0 Å². The zero-order chi connectivity index (χ0) is 11.1. The fourth-order valence-corrected chi connectivity index (χ4v) is 1.31. The summed E-state index contributed by atoms with van der Waals surface area (Å²) < 4.78 is 15.4. The minimum absolute atomic E-state index is 0.625. The monoisotopic (exact) mass is 246 g/mol. The maximum atomic E-state index is 8.42. The van der Waals surface area contributed by atoms with Crippen molar-refractivity contribution < 1.29 is 22.8 Å². The molecule has 0 saturated heterocycles. The van der Waals surface area contributed by atoms with Crippen molar-refractivity contribution in [3.63, 3.8) is 0 Å². The number of hydrogen-bond donors (Lipinski definition) is 1. The van der Waals surface area contributed by atoms with E-state index in [9.17, 15) is 0 Å². The van der Waals surface area contributed by atoms with Gasteiger partial charge in [0.2, 0.25) is 0 Å². The first-order valence-corrected chi connectivity index (χ1v) is 6.32. The summed E-state index contributed by atoms with van der Waals surface area (Å²) in [6.07, 6.45) is 12.4. The molecule has 0 unspecified atom stereocenters. The molecule has 0 bridgehead atoms. The number of unbranched alkanes of at least 4 members (excludes halogenated alkanes) is 8. The van der Waals surface area contributed by atoms with Gasteiger partial charge in [-0.05, 0) is 0 Å². The summed E-state index contributed by atoms with van der Waals surface area (Å²) in [5, 5.41) is 0. The third kappa shape index (κ3) is 22.8. The average Bonchev–Trinajstić information content (AvgIpc) is 2.18. The average molecular weight is 247 g/mol. The summed E-state index contributed by atoms with van der Waals surface area (Å²) >= 11 is -0.625. The van der Waals surface area contributed by atoms with Gasteiger partial charge in [-0.1, -0.05) is 58.3 Å². The molecule has 0 radical (unpaired) electrons. The molecule has 91 valence electrons. The van der Waals surface area contributed by atoms with Crippen LogP contribution in [0.5, 0.6) is 0 Å². The maximum absolute atomic E-state index is 8.42. The topological polar surface area (TPSA) is 37.3 Å². The van der Waals surface area contributed by atoms with Crippen LogP contribution in [0.2, 0.25) is 0 Å². The zero-order valence-corrected chi connectivity index (χ0v) is 10.2. The van der Waals surface area contributed by atoms with Crippen LogP contribution in [-0.4, -0.2) is 4.25 Å². The standard InChI is InChI=1S/C11H23.Ni.H2O.O/c1-3-5-7-9-11-10-8-6-4-2;;;/h1,3-11H2,2H3;;1H2;/q-1;+1;;/p-1. The molecule has 0 aliphatic carbocycles. The van der Waals surface area contributed by atoms with E-state index < -0.39 is 14.7 Å². The Bertz CT molecular complexity index is 89.3. The van der Waals surface area contributed by atoms with E-state index in [0.717, 1.165) is 6.42 Å². The van der Waals surface area contributed by atoms with Crippen molar-refractivity contribution >= 4 is 0 Å². The molecule has 0 spiro atoms. The normalized spacial score (nSPS) is 9.64. The van der Waals surface area contributed by atoms with E-state index in [-0.39, 0.29) is 0 Å². The Balaban J connectivity index is 0. The molecule has 0 aromatic rings. The van der Waals surface area contributed by atoms with Crippen molar-refractivity contribution in [2.45, 2.75) is 64.7 Å². The van der Waals surface area contributed by atoms with Gasteiger partial charge in [-0.15, -0.1) is 0 Å². The van der Waals surface area contributed by atoms with Gasteiger partial charge in [0.25, 0.3) is 0 Å². The second-order valence-electron chi connectivity index (χ2n) is 3.39. The van der Waals surface area contributed by atoms with Gasteiger partial charge in [-0.25, -0.2) is 0 Å². The fraction of sp³-hybridized carbons (Fsp3) is 0.909. The zero-order valence-electron chi connectivity index (χ0n) is 9.24. The van der Waals surface area contributed by atoms with Crippen LogP contribution >= 0.6 is 0 Å². The summed E-state index contributed by atoms with van der Waals surface area (Å²) in [7, 11) is 0. The van der Waals surface area contributed by atoms with Gasteiger partial charge in [0.1, 0.15) is 0 Å². The molecule has 0 heterocycles. The molecule has 3 heteroatoms. The molecule has 0 aliphatic rings. The first-order valence-electron chi connectivity index (χ1n) is 5.48. The SMILES string of the molecule is [CH2-]CCCCCCCCCC.[O]=[Ni][OH]. The first-order chi connectivity index (χ1) is 6.83. The third-order valence-corrected chi connectivity index (χ3v) is 2.10. The van der Waals surface area contributed by atoms with E-state index in [1.54, 1.807) is 0 Å². The van der Waals surface area contributed by atoms with Crippen LogP contribution in [0.25, 0.3) is 0 Å². The van der Waals surface area contributed by atoms with Crippen LogP contribution in [0.4, 0.5) is 0 Å². The molecule has 0 amide bonds. The molecule has 0 aromatic carbocycles. The van der Waals surface area contributed by atoms with Crippen molar-refractivity contribution in [2.75, 3.05) is 0 Å². The molecule has 0 aliphatic heterocycles. The van der Waals surface area contributed by atoms with Gasteiger partial charge >= 0.3 is 22.8 Å². The summed E-state index contributed by atoms with van der Waals surface area (Å²) in [5.41, 5.74) is 0. The van der Waals surface area contributed by atoms with Crippen LogP contribution in [-0.2, 0) is 18.6 Å². The Morgan fingerprint density at radius 2 is 1.36 bits per heavy atom. The van der Waals surface area contributed by atoms with E-state index in [1.165, 1.54) is 51.4 Å². The first kappa shape index (κ1) is 16.7. The molecule has 0 aromatic heterocycles. The van der Waals surface area contributed by atoms with Crippen molar-refractivity contribution in [3.05, 3.63) is 6.92 Å². The molecule has 1 N–H and O–H groups in total. The molecule has 0 fully saturated rings. The summed E-state index contributed by atoms with van der Waals surface area (Å²) in [6, 6.07) is 0. The quantitative estimate of drug-likeness (QED) is 0.403. The predicted molar refractivity (Wildman–Crippen MR) is 55.5 cm³/mol. The second kappa shape index (κ2) is 18.9. The summed E-state index contributed by atoms with van der Waals surface area (Å²) in [5.74, 6) is 0. The number of hydrogen-bond acceptors (Lipinski definition) is 1. The molecule has 2 nitrogen and oxygen atoms in total. The van der Waals surface area contributed by atoms with Crippen molar-refractivity contribution in [3.8, 4) is 0 Å². The minimum atomic E-state index is -0.625. The third-order valence-electron chi connectivity index (χ3n) is 2.10. The fourth-order valence-electron chi connectivity index (χ4n) is 1.31. The summed E-state index contributed by atoms with van der Waals surface area (Å²) in [6.45, 7) is 6.10. The van der Waals surface area contributed by atoms with Gasteiger partial charge < -0.3 is 6.92 Å². The molecule has 0 saturated carbocycles. The van der Waals surface area contributed by atoms with Gasteiger partial charge in [0.05, 0.1) is 0 Å². The van der Waals surface area contributed by atoms with Crippen LogP contribution in [0.1, 0.15) is 64.7 Å². The Kier molecular flexibility index (Phi) is 22.5. The van der Waals surface area contributed by atoms with E-state index in [2.05, 4.69) is 13.8 Å². The molecular formula is C11H24NiO2-. The van der Waals surface area contributed by atoms with E-state index >= 15 is 0 Å². The van der Waals surface area contributed by atoms with E-state index in [1.807, 2.05) is 0 Å². The van der Waals surface area contributed by atoms with Crippen LogP contribution < -0.4 is 0 Å². The molecule has 0 atom stereocenters. The van der Waals surface area contributed by atoms with E-state index in [0.29, 0.717) is 0 Å². The summed E-state index contributed by atoms with van der Waals surface area (Å²) in [4.78, 5) is 0. The molecule has 0 rings (SSSR count). The van der Waals surface area contributed by atoms with Gasteiger partial charge in [-0.2, -0.15) is 6.42 Å². The Morgan fingerprint density at radius 1 is 1.00 bits per heavy atom. The Labute approximate surface area is 94.8 Å².